The van der Waals surface area contributed by atoms with Crippen LogP contribution in [0.25, 0.3) is 0 Å². The maximum atomic E-state index is 13.4. The Kier molecular flexibility index (Phi) is 4.07. The lowest BCUT2D eigenvalue weighted by molar-refractivity contribution is 0.630. The van der Waals surface area contributed by atoms with Gasteiger partial charge in [0.15, 0.2) is 0 Å². The second-order valence-electron chi connectivity index (χ2n) is 3.59. The molecule has 0 saturated carbocycles. The summed E-state index contributed by atoms with van der Waals surface area (Å²) in [7, 11) is 0. The van der Waals surface area contributed by atoms with Gasteiger partial charge in [0.1, 0.15) is 5.82 Å². The molecule has 5 heteroatoms. The third-order valence-electron chi connectivity index (χ3n) is 2.29. The van der Waals surface area contributed by atoms with Crippen LogP contribution in [0.3, 0.4) is 0 Å². The first-order chi connectivity index (χ1) is 8.06. The summed E-state index contributed by atoms with van der Waals surface area (Å²) in [4.78, 5) is 2.36. The Labute approximate surface area is 117 Å². The van der Waals surface area contributed by atoms with Crippen molar-refractivity contribution < 1.29 is 4.39 Å². The first kappa shape index (κ1) is 12.9. The van der Waals surface area contributed by atoms with Gasteiger partial charge in [0.2, 0.25) is 0 Å². The van der Waals surface area contributed by atoms with Gasteiger partial charge in [0.05, 0.1) is 5.69 Å². The Balaban J connectivity index is 2.09. The summed E-state index contributed by atoms with van der Waals surface area (Å²) in [5, 5.41) is 3.57. The van der Waals surface area contributed by atoms with Crippen molar-refractivity contribution in [2.45, 2.75) is 13.5 Å². The van der Waals surface area contributed by atoms with Crippen molar-refractivity contribution in [2.75, 3.05) is 5.32 Å². The molecule has 1 nitrogen and oxygen atoms in total. The maximum absolute atomic E-state index is 13.4. The molecule has 1 heterocycles. The topological polar surface area (TPSA) is 12.0 Å². The van der Waals surface area contributed by atoms with Crippen LogP contribution < -0.4 is 5.32 Å². The molecule has 0 spiro atoms. The molecule has 2 rings (SSSR count). The van der Waals surface area contributed by atoms with Crippen LogP contribution in [-0.4, -0.2) is 0 Å². The van der Waals surface area contributed by atoms with Crippen LogP contribution >= 0.6 is 38.9 Å². The van der Waals surface area contributed by atoms with E-state index in [0.29, 0.717) is 17.3 Å². The SMILES string of the molecule is Cc1sc(CNc2cc(Cl)ccc2F)cc1Br. The third kappa shape index (κ3) is 3.21. The zero-order valence-corrected chi connectivity index (χ0v) is 12.2. The minimum absolute atomic E-state index is 0.290. The second-order valence-corrected chi connectivity index (χ2v) is 6.23. The zero-order valence-electron chi connectivity index (χ0n) is 9.06. The second kappa shape index (κ2) is 5.38. The molecule has 17 heavy (non-hydrogen) atoms. The Hall–Kier alpha value is -0.580. The van der Waals surface area contributed by atoms with Crippen molar-refractivity contribution in [3.8, 4) is 0 Å². The summed E-state index contributed by atoms with van der Waals surface area (Å²) in [6.45, 7) is 2.63. The van der Waals surface area contributed by atoms with Crippen LogP contribution in [0.1, 0.15) is 9.75 Å². The fourth-order valence-electron chi connectivity index (χ4n) is 1.42. The largest absolute Gasteiger partial charge is 0.378 e. The number of nitrogens with one attached hydrogen (secondary N) is 1. The number of rotatable bonds is 3. The Morgan fingerprint density at radius 1 is 1.41 bits per heavy atom. The van der Waals surface area contributed by atoms with E-state index in [1.165, 1.54) is 17.0 Å². The fourth-order valence-corrected chi connectivity index (χ4v) is 3.13. The van der Waals surface area contributed by atoms with Crippen LogP contribution in [0, 0.1) is 12.7 Å². The Bertz CT molecular complexity index is 522. The molecule has 0 atom stereocenters. The lowest BCUT2D eigenvalue weighted by atomic mass is 10.3. The van der Waals surface area contributed by atoms with Gasteiger partial charge >= 0.3 is 0 Å². The number of aryl methyl sites for hydroxylation is 1. The van der Waals surface area contributed by atoms with Gasteiger partial charge in [0.25, 0.3) is 0 Å². The summed E-state index contributed by atoms with van der Waals surface area (Å²) in [6.07, 6.45) is 0. The van der Waals surface area contributed by atoms with Crippen LogP contribution in [0.5, 0.6) is 0 Å². The molecular weight excluding hydrogens is 325 g/mol. The van der Waals surface area contributed by atoms with Gasteiger partial charge in [-0.05, 0) is 47.1 Å². The molecule has 0 fully saturated rings. The van der Waals surface area contributed by atoms with Crippen molar-refractivity contribution in [2.24, 2.45) is 0 Å². The molecular formula is C12H10BrClFNS. The van der Waals surface area contributed by atoms with Gasteiger partial charge < -0.3 is 5.32 Å². The van der Waals surface area contributed by atoms with Crippen molar-refractivity contribution in [3.63, 3.8) is 0 Å². The van der Waals surface area contributed by atoms with Crippen molar-refractivity contribution >= 4 is 44.6 Å². The van der Waals surface area contributed by atoms with Crippen molar-refractivity contribution in [1.29, 1.82) is 0 Å². The smallest absolute Gasteiger partial charge is 0.146 e. The number of hydrogen-bond donors (Lipinski definition) is 1. The van der Waals surface area contributed by atoms with Crippen molar-refractivity contribution in [3.05, 3.63) is 49.3 Å². The highest BCUT2D eigenvalue weighted by atomic mass is 79.9. The minimum Gasteiger partial charge on any atom is -0.378 e. The quantitative estimate of drug-likeness (QED) is 0.811. The Morgan fingerprint density at radius 2 is 2.18 bits per heavy atom. The number of benzene rings is 1. The molecule has 0 aliphatic carbocycles. The van der Waals surface area contributed by atoms with E-state index in [1.54, 1.807) is 17.4 Å². The minimum atomic E-state index is -0.290. The van der Waals surface area contributed by atoms with Gasteiger partial charge in [-0.2, -0.15) is 0 Å². The van der Waals surface area contributed by atoms with Crippen LogP contribution in [0.4, 0.5) is 10.1 Å². The highest BCUT2D eigenvalue weighted by Gasteiger charge is 2.05. The fraction of sp³-hybridized carbons (Fsp3) is 0.167. The van der Waals surface area contributed by atoms with E-state index < -0.39 is 0 Å². The van der Waals surface area contributed by atoms with Crippen molar-refractivity contribution in [1.82, 2.24) is 0 Å². The van der Waals surface area contributed by atoms with E-state index in [9.17, 15) is 4.39 Å². The first-order valence-electron chi connectivity index (χ1n) is 5.00. The molecule has 0 saturated heterocycles. The number of halogens is 3. The van der Waals surface area contributed by atoms with Crippen LogP contribution in [0.2, 0.25) is 5.02 Å². The summed E-state index contributed by atoms with van der Waals surface area (Å²) in [6, 6.07) is 6.52. The lowest BCUT2D eigenvalue weighted by Crippen LogP contribution is -1.99. The predicted octanol–water partition coefficient (Wildman–Crippen LogP) is 5.22. The van der Waals surface area contributed by atoms with Gasteiger partial charge in [-0.25, -0.2) is 4.39 Å². The molecule has 0 amide bonds. The number of hydrogen-bond acceptors (Lipinski definition) is 2. The highest BCUT2D eigenvalue weighted by molar-refractivity contribution is 9.10. The van der Waals surface area contributed by atoms with Gasteiger partial charge in [0, 0.05) is 25.8 Å². The number of thiophene rings is 1. The summed E-state index contributed by atoms with van der Waals surface area (Å²) >= 11 is 11.0. The first-order valence-corrected chi connectivity index (χ1v) is 6.99. The van der Waals surface area contributed by atoms with E-state index in [0.717, 1.165) is 9.35 Å². The molecule has 2 aromatic rings. The number of anilines is 1. The van der Waals surface area contributed by atoms with Gasteiger partial charge in [-0.1, -0.05) is 11.6 Å². The average Bonchev–Trinajstić information content (AvgIpc) is 2.60. The summed E-state index contributed by atoms with van der Waals surface area (Å²) in [5.74, 6) is -0.290. The Morgan fingerprint density at radius 3 is 2.82 bits per heavy atom. The maximum Gasteiger partial charge on any atom is 0.146 e. The van der Waals surface area contributed by atoms with E-state index in [-0.39, 0.29) is 5.82 Å². The summed E-state index contributed by atoms with van der Waals surface area (Å²) in [5.41, 5.74) is 0.430. The molecule has 1 N–H and O–H groups in total. The van der Waals surface area contributed by atoms with E-state index in [2.05, 4.69) is 21.2 Å². The molecule has 0 bridgehead atoms. The molecule has 90 valence electrons. The molecule has 1 aromatic heterocycles. The van der Waals surface area contributed by atoms with E-state index >= 15 is 0 Å². The zero-order chi connectivity index (χ0) is 12.4. The van der Waals surface area contributed by atoms with Gasteiger partial charge in [-0.3, -0.25) is 0 Å². The molecule has 0 aliphatic rings. The standard InChI is InChI=1S/C12H10BrClFNS/c1-7-10(13)5-9(17-7)6-16-12-4-8(14)2-3-11(12)15/h2-5,16H,6H2,1H3. The normalized spacial score (nSPS) is 10.6. The molecule has 0 unspecified atom stereocenters. The summed E-state index contributed by atoms with van der Waals surface area (Å²) < 4.78 is 14.5. The van der Waals surface area contributed by atoms with Gasteiger partial charge in [-0.15, -0.1) is 11.3 Å². The molecule has 0 aliphatic heterocycles. The monoisotopic (exact) mass is 333 g/mol. The third-order valence-corrected chi connectivity index (χ3v) is 4.66. The molecule has 1 aromatic carbocycles. The van der Waals surface area contributed by atoms with Crippen LogP contribution in [0.15, 0.2) is 28.7 Å². The van der Waals surface area contributed by atoms with E-state index in [1.807, 2.05) is 13.0 Å². The lowest BCUT2D eigenvalue weighted by Gasteiger charge is -2.06. The average molecular weight is 335 g/mol. The van der Waals surface area contributed by atoms with Crippen LogP contribution in [-0.2, 0) is 6.54 Å². The predicted molar refractivity (Wildman–Crippen MR) is 75.5 cm³/mol. The molecule has 0 radical (unpaired) electrons. The highest BCUT2D eigenvalue weighted by Crippen LogP contribution is 2.27. The van der Waals surface area contributed by atoms with E-state index in [4.69, 9.17) is 11.6 Å².